The first-order valence-electron chi connectivity index (χ1n) is 9.98. The van der Waals surface area contributed by atoms with E-state index in [9.17, 15) is 9.59 Å². The zero-order valence-electron chi connectivity index (χ0n) is 15.6. The summed E-state index contributed by atoms with van der Waals surface area (Å²) in [6.45, 7) is 0.693. The smallest absolute Gasteiger partial charge is 0.254 e. The average molecular weight is 362 g/mol. The number of fused-ring (bicyclic) bond motifs is 1. The average Bonchev–Trinajstić information content (AvgIpc) is 3.27. The molecule has 0 aromatic heterocycles. The fraction of sp³-hybridized carbons (Fsp3) is 0.391. The van der Waals surface area contributed by atoms with Crippen LogP contribution in [-0.2, 0) is 16.0 Å². The van der Waals surface area contributed by atoms with Crippen molar-refractivity contribution in [1.29, 1.82) is 0 Å². The molecule has 1 aliphatic carbocycles. The van der Waals surface area contributed by atoms with Crippen molar-refractivity contribution < 1.29 is 9.59 Å². The van der Waals surface area contributed by atoms with E-state index in [1.54, 1.807) is 0 Å². The van der Waals surface area contributed by atoms with Crippen LogP contribution >= 0.6 is 0 Å². The molecule has 1 aliphatic heterocycles. The van der Waals surface area contributed by atoms with E-state index >= 15 is 0 Å². The molecule has 4 heteroatoms. The van der Waals surface area contributed by atoms with Crippen LogP contribution in [0.3, 0.4) is 0 Å². The molecular weight excluding hydrogens is 336 g/mol. The molecule has 4 nitrogen and oxygen atoms in total. The van der Waals surface area contributed by atoms with Crippen LogP contribution in [0.5, 0.6) is 0 Å². The number of aryl methyl sites for hydroxylation is 1. The van der Waals surface area contributed by atoms with E-state index in [0.717, 1.165) is 49.8 Å². The zero-order valence-corrected chi connectivity index (χ0v) is 15.6. The Hall–Kier alpha value is -2.62. The molecule has 1 heterocycles. The van der Waals surface area contributed by atoms with Gasteiger partial charge in [-0.25, -0.2) is 0 Å². The predicted molar refractivity (Wildman–Crippen MR) is 106 cm³/mol. The van der Waals surface area contributed by atoms with Gasteiger partial charge in [0.05, 0.1) is 0 Å². The Morgan fingerprint density at radius 1 is 0.926 bits per heavy atom. The molecule has 1 atom stereocenters. The Balaban J connectivity index is 1.62. The van der Waals surface area contributed by atoms with Crippen molar-refractivity contribution in [3.63, 3.8) is 0 Å². The first-order chi connectivity index (χ1) is 13.2. The van der Waals surface area contributed by atoms with E-state index in [0.29, 0.717) is 6.54 Å². The number of carbonyl (C=O) groups excluding carboxylic acids is 2. The number of rotatable bonds is 4. The standard InChI is InChI=1S/C23H26N2O2/c26-22(19-12-4-5-13-19)24-21(18-10-2-1-3-11-18)23(27)25-16-8-14-17-9-6-7-15-20(17)25/h1-3,6-7,9-11,15,19,21H,4-5,8,12-14,16H2,(H,24,26)/t21-/m0/s1. The van der Waals surface area contributed by atoms with Crippen LogP contribution in [0.15, 0.2) is 54.6 Å². The monoisotopic (exact) mass is 362 g/mol. The third-order valence-electron chi connectivity index (χ3n) is 5.77. The number of carbonyl (C=O) groups is 2. The maximum atomic E-state index is 13.5. The first kappa shape index (κ1) is 17.8. The second kappa shape index (κ2) is 7.95. The summed E-state index contributed by atoms with van der Waals surface area (Å²) in [4.78, 5) is 28.2. The number of para-hydroxylation sites is 1. The van der Waals surface area contributed by atoms with Gasteiger partial charge in [-0.1, -0.05) is 61.4 Å². The van der Waals surface area contributed by atoms with Crippen molar-refractivity contribution in [3.8, 4) is 0 Å². The van der Waals surface area contributed by atoms with Crippen LogP contribution in [-0.4, -0.2) is 18.4 Å². The lowest BCUT2D eigenvalue weighted by atomic mass is 9.98. The Morgan fingerprint density at radius 3 is 2.41 bits per heavy atom. The summed E-state index contributed by atoms with van der Waals surface area (Å²) in [7, 11) is 0. The Morgan fingerprint density at radius 2 is 1.63 bits per heavy atom. The highest BCUT2D eigenvalue weighted by Crippen LogP contribution is 2.30. The van der Waals surface area contributed by atoms with Gasteiger partial charge in [0, 0.05) is 18.2 Å². The zero-order chi connectivity index (χ0) is 18.6. The number of nitrogens with zero attached hydrogens (tertiary/aromatic N) is 1. The summed E-state index contributed by atoms with van der Waals surface area (Å²) < 4.78 is 0. The molecule has 1 N–H and O–H groups in total. The molecule has 140 valence electrons. The number of nitrogens with one attached hydrogen (secondary N) is 1. The van der Waals surface area contributed by atoms with E-state index in [4.69, 9.17) is 0 Å². The van der Waals surface area contributed by atoms with E-state index in [1.807, 2.05) is 53.4 Å². The quantitative estimate of drug-likeness (QED) is 0.893. The molecular formula is C23H26N2O2. The van der Waals surface area contributed by atoms with Gasteiger partial charge in [0.15, 0.2) is 0 Å². The van der Waals surface area contributed by atoms with Crippen molar-refractivity contribution >= 4 is 17.5 Å². The minimum absolute atomic E-state index is 0.0139. The van der Waals surface area contributed by atoms with Crippen molar-refractivity contribution in [2.75, 3.05) is 11.4 Å². The Kier molecular flexibility index (Phi) is 5.23. The minimum atomic E-state index is -0.634. The molecule has 2 amide bonds. The lowest BCUT2D eigenvalue weighted by Gasteiger charge is -2.33. The lowest BCUT2D eigenvalue weighted by molar-refractivity contribution is -0.130. The summed E-state index contributed by atoms with van der Waals surface area (Å²) in [6, 6.07) is 17.1. The van der Waals surface area contributed by atoms with Gasteiger partial charge < -0.3 is 10.2 Å². The van der Waals surface area contributed by atoms with Gasteiger partial charge >= 0.3 is 0 Å². The maximum Gasteiger partial charge on any atom is 0.254 e. The van der Waals surface area contributed by atoms with Gasteiger partial charge in [-0.15, -0.1) is 0 Å². The van der Waals surface area contributed by atoms with Crippen molar-refractivity contribution in [1.82, 2.24) is 5.32 Å². The molecule has 2 aromatic carbocycles. The summed E-state index contributed by atoms with van der Waals surface area (Å²) in [5.74, 6) is 0.0114. The molecule has 2 aliphatic rings. The Labute approximate surface area is 160 Å². The molecule has 2 aromatic rings. The molecule has 0 unspecified atom stereocenters. The molecule has 27 heavy (non-hydrogen) atoms. The summed E-state index contributed by atoms with van der Waals surface area (Å²) >= 11 is 0. The molecule has 0 bridgehead atoms. The van der Waals surface area contributed by atoms with Crippen LogP contribution in [0, 0.1) is 5.92 Å². The summed E-state index contributed by atoms with van der Waals surface area (Å²) in [5.41, 5.74) is 3.02. The molecule has 0 radical (unpaired) electrons. The first-order valence-corrected chi connectivity index (χ1v) is 9.98. The summed E-state index contributed by atoms with van der Waals surface area (Å²) in [5, 5.41) is 3.07. The number of amides is 2. The number of hydrogen-bond donors (Lipinski definition) is 1. The van der Waals surface area contributed by atoms with Crippen LogP contribution in [0.25, 0.3) is 0 Å². The number of anilines is 1. The van der Waals surface area contributed by atoms with E-state index in [1.165, 1.54) is 5.56 Å². The predicted octanol–water partition coefficient (Wildman–Crippen LogP) is 4.01. The Bertz CT molecular complexity index is 812. The minimum Gasteiger partial charge on any atom is -0.340 e. The van der Waals surface area contributed by atoms with E-state index in [-0.39, 0.29) is 17.7 Å². The molecule has 0 saturated heterocycles. The molecule has 1 saturated carbocycles. The van der Waals surface area contributed by atoms with Crippen LogP contribution < -0.4 is 10.2 Å². The fourth-order valence-corrected chi connectivity index (χ4v) is 4.30. The maximum absolute atomic E-state index is 13.5. The van der Waals surface area contributed by atoms with Gasteiger partial charge in [-0.2, -0.15) is 0 Å². The highest BCUT2D eigenvalue weighted by molar-refractivity contribution is 6.00. The third kappa shape index (κ3) is 3.75. The van der Waals surface area contributed by atoms with Gasteiger partial charge in [0.2, 0.25) is 5.91 Å². The fourth-order valence-electron chi connectivity index (χ4n) is 4.30. The van der Waals surface area contributed by atoms with Gasteiger partial charge in [-0.05, 0) is 42.9 Å². The third-order valence-corrected chi connectivity index (χ3v) is 5.77. The highest BCUT2D eigenvalue weighted by Gasteiger charge is 2.33. The van der Waals surface area contributed by atoms with Crippen molar-refractivity contribution in [2.45, 2.75) is 44.6 Å². The van der Waals surface area contributed by atoms with Crippen molar-refractivity contribution in [3.05, 3.63) is 65.7 Å². The van der Waals surface area contributed by atoms with E-state index < -0.39 is 6.04 Å². The van der Waals surface area contributed by atoms with Crippen LogP contribution in [0.1, 0.15) is 49.3 Å². The molecule has 4 rings (SSSR count). The SMILES string of the molecule is O=C(N[C@H](C(=O)N1CCCc2ccccc21)c1ccccc1)C1CCCC1. The van der Waals surface area contributed by atoms with Gasteiger partial charge in [0.25, 0.3) is 5.91 Å². The molecule has 0 spiro atoms. The van der Waals surface area contributed by atoms with Gasteiger partial charge in [0.1, 0.15) is 6.04 Å². The second-order valence-corrected chi connectivity index (χ2v) is 7.56. The highest BCUT2D eigenvalue weighted by atomic mass is 16.2. The van der Waals surface area contributed by atoms with Crippen molar-refractivity contribution in [2.24, 2.45) is 5.92 Å². The largest absolute Gasteiger partial charge is 0.340 e. The summed E-state index contributed by atoms with van der Waals surface area (Å²) in [6.07, 6.45) is 5.98. The number of hydrogen-bond acceptors (Lipinski definition) is 2. The lowest BCUT2D eigenvalue weighted by Crippen LogP contribution is -2.46. The van der Waals surface area contributed by atoms with Gasteiger partial charge in [-0.3, -0.25) is 9.59 Å². The normalized spacial score (nSPS) is 18.0. The second-order valence-electron chi connectivity index (χ2n) is 7.56. The number of benzene rings is 2. The van der Waals surface area contributed by atoms with Crippen LogP contribution in [0.4, 0.5) is 5.69 Å². The van der Waals surface area contributed by atoms with Crippen LogP contribution in [0.2, 0.25) is 0 Å². The molecule has 1 fully saturated rings. The topological polar surface area (TPSA) is 49.4 Å². The van der Waals surface area contributed by atoms with E-state index in [2.05, 4.69) is 11.4 Å².